The predicted molar refractivity (Wildman–Crippen MR) is 166 cm³/mol. The molecule has 2 saturated heterocycles. The van der Waals surface area contributed by atoms with Crippen LogP contribution in [0.25, 0.3) is 0 Å². The Morgan fingerprint density at radius 2 is 1.47 bits per heavy atom. The molecule has 0 radical (unpaired) electrons. The van der Waals surface area contributed by atoms with E-state index < -0.39 is 6.29 Å². The van der Waals surface area contributed by atoms with E-state index >= 15 is 0 Å². The molecule has 7 heteroatoms. The fourth-order valence-electron chi connectivity index (χ4n) is 9.25. The van der Waals surface area contributed by atoms with Crippen molar-refractivity contribution in [2.75, 3.05) is 19.6 Å². The standard InChI is InChI=1S/C36H49N3O4/c1-24-32(22-39-13-3-2-4-14-39)42-34(43-33(24)30-9-7-26(23-40)8-10-30)31-11-5-25(6-12-31)21-37-35(41)38-36-18-27-15-28(19-36)17-29(16-27)20-36/h5-12,24,27-29,32-34,40H,2-4,13-23H2,1H3,(H2,37,38,41)/t24-,27?,28?,29?,32+,33+,34+,36?/m1/s1. The summed E-state index contributed by atoms with van der Waals surface area (Å²) in [5, 5.41) is 16.1. The molecule has 4 saturated carbocycles. The summed E-state index contributed by atoms with van der Waals surface area (Å²) in [5.74, 6) is 2.62. The molecule has 43 heavy (non-hydrogen) atoms. The van der Waals surface area contributed by atoms with Crippen molar-refractivity contribution in [2.45, 2.75) is 102 Å². The number of aliphatic hydroxyl groups excluding tert-OH is 1. The van der Waals surface area contributed by atoms with Crippen molar-refractivity contribution in [1.29, 1.82) is 0 Å². The van der Waals surface area contributed by atoms with Crippen molar-refractivity contribution in [1.82, 2.24) is 15.5 Å². The Kier molecular flexibility index (Phi) is 8.51. The van der Waals surface area contributed by atoms with Crippen molar-refractivity contribution >= 4 is 6.03 Å². The molecule has 6 fully saturated rings. The summed E-state index contributed by atoms with van der Waals surface area (Å²) in [6, 6.07) is 16.4. The molecule has 4 atom stereocenters. The number of nitrogens with zero attached hydrogens (tertiary/aromatic N) is 1. The van der Waals surface area contributed by atoms with Gasteiger partial charge in [-0.1, -0.05) is 61.9 Å². The largest absolute Gasteiger partial charge is 0.392 e. The van der Waals surface area contributed by atoms with E-state index in [-0.39, 0.29) is 36.3 Å². The molecule has 2 heterocycles. The minimum atomic E-state index is -0.463. The first-order chi connectivity index (χ1) is 20.9. The summed E-state index contributed by atoms with van der Waals surface area (Å²) in [6.45, 7) is 5.94. The van der Waals surface area contributed by atoms with Gasteiger partial charge in [0.15, 0.2) is 6.29 Å². The third-order valence-electron chi connectivity index (χ3n) is 11.1. The maximum atomic E-state index is 13.0. The number of urea groups is 1. The number of rotatable bonds is 8. The number of carbonyl (C=O) groups is 1. The summed E-state index contributed by atoms with van der Waals surface area (Å²) in [7, 11) is 0. The number of amides is 2. The van der Waals surface area contributed by atoms with Crippen LogP contribution in [-0.2, 0) is 22.6 Å². The van der Waals surface area contributed by atoms with Crippen molar-refractivity contribution in [2.24, 2.45) is 23.7 Å². The van der Waals surface area contributed by atoms with E-state index in [2.05, 4.69) is 58.9 Å². The van der Waals surface area contributed by atoms with Crippen LogP contribution in [0.5, 0.6) is 0 Å². The summed E-state index contributed by atoms with van der Waals surface area (Å²) in [4.78, 5) is 15.5. The first-order valence-corrected chi connectivity index (χ1v) is 16.8. The van der Waals surface area contributed by atoms with Gasteiger partial charge in [-0.05, 0) is 98.9 Å². The van der Waals surface area contributed by atoms with Crippen LogP contribution in [0.2, 0.25) is 0 Å². The molecule has 2 aliphatic heterocycles. The fourth-order valence-corrected chi connectivity index (χ4v) is 9.25. The molecule has 232 valence electrons. The highest BCUT2D eigenvalue weighted by molar-refractivity contribution is 5.75. The lowest BCUT2D eigenvalue weighted by atomic mass is 9.53. The monoisotopic (exact) mass is 587 g/mol. The SMILES string of the molecule is C[C@@H]1[C@H](CN2CCCCC2)O[C@H](c2ccc(CNC(=O)NC34CC5CC(CC(C5)C3)C4)cc2)O[C@@H]1c1ccc(CO)cc1. The molecule has 8 rings (SSSR count). The van der Waals surface area contributed by atoms with Crippen LogP contribution in [0.1, 0.15) is 99.4 Å². The van der Waals surface area contributed by atoms with Gasteiger partial charge in [-0.3, -0.25) is 0 Å². The second-order valence-corrected chi connectivity index (χ2v) is 14.4. The van der Waals surface area contributed by atoms with Crippen LogP contribution in [0.3, 0.4) is 0 Å². The van der Waals surface area contributed by atoms with Crippen molar-refractivity contribution in [3.8, 4) is 0 Å². The zero-order valence-electron chi connectivity index (χ0n) is 25.7. The van der Waals surface area contributed by atoms with Gasteiger partial charge < -0.3 is 30.1 Å². The Bertz CT molecular complexity index is 1210. The molecule has 3 N–H and O–H groups in total. The van der Waals surface area contributed by atoms with E-state index in [4.69, 9.17) is 9.47 Å². The van der Waals surface area contributed by atoms with Crippen LogP contribution < -0.4 is 10.6 Å². The third-order valence-corrected chi connectivity index (χ3v) is 11.1. The Morgan fingerprint density at radius 1 is 0.860 bits per heavy atom. The fraction of sp³-hybridized carbons (Fsp3) is 0.639. The second kappa shape index (κ2) is 12.5. The Hall–Kier alpha value is -2.45. The van der Waals surface area contributed by atoms with Gasteiger partial charge in [0.25, 0.3) is 0 Å². The lowest BCUT2D eigenvalue weighted by molar-refractivity contribution is -0.276. The summed E-state index contributed by atoms with van der Waals surface area (Å²) >= 11 is 0. The summed E-state index contributed by atoms with van der Waals surface area (Å²) in [6.07, 6.45) is 10.9. The van der Waals surface area contributed by atoms with Gasteiger partial charge in [-0.15, -0.1) is 0 Å². The maximum absolute atomic E-state index is 13.0. The maximum Gasteiger partial charge on any atom is 0.315 e. The molecule has 7 nitrogen and oxygen atoms in total. The number of piperidine rings is 1. The van der Waals surface area contributed by atoms with E-state index in [0.29, 0.717) is 6.54 Å². The molecule has 4 aliphatic carbocycles. The molecular formula is C36H49N3O4. The average molecular weight is 588 g/mol. The topological polar surface area (TPSA) is 83.1 Å². The van der Waals surface area contributed by atoms with Gasteiger partial charge in [-0.25, -0.2) is 4.79 Å². The normalized spacial score (nSPS) is 35.5. The quantitative estimate of drug-likeness (QED) is 0.341. The molecule has 2 aromatic carbocycles. The smallest absolute Gasteiger partial charge is 0.315 e. The molecular weight excluding hydrogens is 538 g/mol. The predicted octanol–water partition coefficient (Wildman–Crippen LogP) is 6.22. The second-order valence-electron chi connectivity index (χ2n) is 14.4. The molecule has 2 aromatic rings. The van der Waals surface area contributed by atoms with Gasteiger partial charge in [0, 0.05) is 30.1 Å². The van der Waals surface area contributed by atoms with Crippen LogP contribution in [-0.4, -0.2) is 47.3 Å². The van der Waals surface area contributed by atoms with Crippen molar-refractivity contribution in [3.05, 3.63) is 70.8 Å². The van der Waals surface area contributed by atoms with E-state index in [9.17, 15) is 9.90 Å². The zero-order chi connectivity index (χ0) is 29.4. The number of ether oxygens (including phenoxy) is 2. The highest BCUT2D eigenvalue weighted by atomic mass is 16.7. The Balaban J connectivity index is 0.999. The number of benzene rings is 2. The number of carbonyl (C=O) groups excluding carboxylic acids is 1. The summed E-state index contributed by atoms with van der Waals surface area (Å²) < 4.78 is 13.3. The highest BCUT2D eigenvalue weighted by Gasteiger charge is 2.51. The number of hydrogen-bond donors (Lipinski definition) is 3. The molecule has 0 aromatic heterocycles. The first kappa shape index (κ1) is 29.3. The minimum absolute atomic E-state index is 0.0230. The van der Waals surface area contributed by atoms with Crippen LogP contribution in [0.15, 0.2) is 48.5 Å². The zero-order valence-corrected chi connectivity index (χ0v) is 25.7. The third kappa shape index (κ3) is 6.51. The lowest BCUT2D eigenvalue weighted by Crippen LogP contribution is -2.61. The van der Waals surface area contributed by atoms with Crippen molar-refractivity contribution in [3.63, 3.8) is 0 Å². The Morgan fingerprint density at radius 3 is 2.09 bits per heavy atom. The van der Waals surface area contributed by atoms with Crippen molar-refractivity contribution < 1.29 is 19.4 Å². The number of hydrogen-bond acceptors (Lipinski definition) is 5. The number of nitrogens with one attached hydrogen (secondary N) is 2. The van der Waals surface area contributed by atoms with E-state index in [0.717, 1.165) is 78.9 Å². The van der Waals surface area contributed by atoms with Crippen LogP contribution in [0.4, 0.5) is 4.79 Å². The number of aliphatic hydroxyl groups is 1. The number of likely N-dealkylation sites (tertiary alicyclic amines) is 1. The van der Waals surface area contributed by atoms with E-state index in [1.54, 1.807) is 0 Å². The summed E-state index contributed by atoms with van der Waals surface area (Å²) in [5.41, 5.74) is 4.10. The van der Waals surface area contributed by atoms with Gasteiger partial charge >= 0.3 is 6.03 Å². The van der Waals surface area contributed by atoms with Gasteiger partial charge in [0.1, 0.15) is 0 Å². The lowest BCUT2D eigenvalue weighted by Gasteiger charge is -2.56. The first-order valence-electron chi connectivity index (χ1n) is 16.8. The van der Waals surface area contributed by atoms with Gasteiger partial charge in [-0.2, -0.15) is 0 Å². The molecule has 0 unspecified atom stereocenters. The average Bonchev–Trinajstić information content (AvgIpc) is 3.01. The van der Waals surface area contributed by atoms with Crippen LogP contribution in [0, 0.1) is 23.7 Å². The van der Waals surface area contributed by atoms with Gasteiger partial charge in [0.05, 0.1) is 18.8 Å². The van der Waals surface area contributed by atoms with Crippen LogP contribution >= 0.6 is 0 Å². The van der Waals surface area contributed by atoms with Gasteiger partial charge in [0.2, 0.25) is 0 Å². The molecule has 6 aliphatic rings. The Labute approximate surface area is 256 Å². The van der Waals surface area contributed by atoms with E-state index in [1.165, 1.54) is 38.5 Å². The molecule has 0 spiro atoms. The minimum Gasteiger partial charge on any atom is -0.392 e. The molecule has 4 bridgehead atoms. The molecule has 2 amide bonds. The van der Waals surface area contributed by atoms with E-state index in [1.807, 2.05) is 12.1 Å². The highest BCUT2D eigenvalue weighted by Crippen LogP contribution is 2.55.